The lowest BCUT2D eigenvalue weighted by Crippen LogP contribution is -2.13. The van der Waals surface area contributed by atoms with Crippen molar-refractivity contribution in [1.29, 1.82) is 0 Å². The highest BCUT2D eigenvalue weighted by molar-refractivity contribution is 6.11. The maximum Gasteiger partial charge on any atom is 0.0538 e. The Kier molecular flexibility index (Phi) is 8.76. The van der Waals surface area contributed by atoms with E-state index < -0.39 is 0 Å². The molecule has 59 heavy (non-hydrogen) atoms. The lowest BCUT2D eigenvalue weighted by atomic mass is 9.82. The van der Waals surface area contributed by atoms with E-state index in [1.807, 2.05) is 0 Å². The molecule has 1 aliphatic heterocycles. The molecule has 292 valence electrons. The molecule has 5 atom stereocenters. The van der Waals surface area contributed by atoms with E-state index in [9.17, 15) is 0 Å². The lowest BCUT2D eigenvalue weighted by molar-refractivity contribution is 0.418. The third kappa shape index (κ3) is 5.92. The van der Waals surface area contributed by atoms with Crippen LogP contribution in [0.25, 0.3) is 55.7 Å². The largest absolute Gasteiger partial charge is 0.358 e. The molecular weight excluding hydrogens is 715 g/mol. The molecule has 7 aromatic rings. The maximum absolute atomic E-state index is 3.81. The quantitative estimate of drug-likeness (QED) is 0.163. The first-order chi connectivity index (χ1) is 29.0. The number of hydrogen-bond donors (Lipinski definition) is 1. The van der Waals surface area contributed by atoms with E-state index in [0.29, 0.717) is 29.6 Å². The number of allylic oxidation sites excluding steroid dienone is 9. The van der Waals surface area contributed by atoms with Gasteiger partial charge in [0.1, 0.15) is 0 Å². The van der Waals surface area contributed by atoms with Crippen molar-refractivity contribution in [3.8, 4) is 5.69 Å². The van der Waals surface area contributed by atoms with E-state index in [-0.39, 0.29) is 0 Å². The van der Waals surface area contributed by atoms with Gasteiger partial charge in [0, 0.05) is 56.5 Å². The van der Waals surface area contributed by atoms with E-state index in [2.05, 4.69) is 194 Å². The lowest BCUT2D eigenvalue weighted by Gasteiger charge is -2.25. The van der Waals surface area contributed by atoms with Crippen LogP contribution in [0.2, 0.25) is 0 Å². The average molecular weight is 768 g/mol. The molecule has 2 aromatic heterocycles. The van der Waals surface area contributed by atoms with Crippen LogP contribution in [0.4, 0.5) is 5.69 Å². The van der Waals surface area contributed by atoms with Gasteiger partial charge in [0.2, 0.25) is 0 Å². The van der Waals surface area contributed by atoms with Crippen molar-refractivity contribution in [2.45, 2.75) is 77.6 Å². The van der Waals surface area contributed by atoms with E-state index >= 15 is 0 Å². The SMILES string of the molecule is CCC(C)c1cccc(-n2c3c(c4ccccc42)CC(c2ccc4c(c2)C2CC(c5ccc6c(c5)c5ccccc5n6C5=CC=CC(C(C)CC)C5)=CC=C2N4)C=C3)c1. The van der Waals surface area contributed by atoms with Crippen molar-refractivity contribution < 1.29 is 0 Å². The van der Waals surface area contributed by atoms with Crippen LogP contribution < -0.4 is 5.32 Å². The first-order valence-corrected chi connectivity index (χ1v) is 22.1. The van der Waals surface area contributed by atoms with Gasteiger partial charge in [-0.25, -0.2) is 0 Å². The van der Waals surface area contributed by atoms with E-state index in [0.717, 1.165) is 25.7 Å². The fraction of sp³-hybridized carbons (Fsp3) is 0.250. The number of nitrogens with zero attached hydrogens (tertiary/aromatic N) is 2. The molecule has 5 unspecified atom stereocenters. The summed E-state index contributed by atoms with van der Waals surface area (Å²) in [5, 5.41) is 7.84. The van der Waals surface area contributed by atoms with Crippen LogP contribution in [-0.4, -0.2) is 9.13 Å². The molecule has 3 aliphatic carbocycles. The second-order valence-corrected chi connectivity index (χ2v) is 17.7. The van der Waals surface area contributed by atoms with E-state index in [1.54, 1.807) is 0 Å². The maximum atomic E-state index is 3.81. The second kappa shape index (κ2) is 14.3. The molecule has 3 heterocycles. The molecule has 0 fully saturated rings. The van der Waals surface area contributed by atoms with Gasteiger partial charge in [0.05, 0.1) is 16.6 Å². The Balaban J connectivity index is 0.897. The summed E-state index contributed by atoms with van der Waals surface area (Å²) in [6, 6.07) is 41.6. The van der Waals surface area contributed by atoms with Crippen LogP contribution in [0.1, 0.15) is 105 Å². The zero-order valence-corrected chi connectivity index (χ0v) is 34.8. The molecule has 0 bridgehead atoms. The number of fused-ring (bicyclic) bond motifs is 9. The van der Waals surface area contributed by atoms with Crippen LogP contribution in [0.3, 0.4) is 0 Å². The molecule has 0 radical (unpaired) electrons. The van der Waals surface area contributed by atoms with Gasteiger partial charge >= 0.3 is 0 Å². The van der Waals surface area contributed by atoms with Crippen LogP contribution >= 0.6 is 0 Å². The minimum absolute atomic E-state index is 0.320. The van der Waals surface area contributed by atoms with Crippen LogP contribution in [0.15, 0.2) is 151 Å². The summed E-state index contributed by atoms with van der Waals surface area (Å²) in [6.45, 7) is 9.31. The second-order valence-electron chi connectivity index (χ2n) is 17.7. The van der Waals surface area contributed by atoms with Crippen LogP contribution in [0.5, 0.6) is 0 Å². The number of aromatic nitrogens is 2. The highest BCUT2D eigenvalue weighted by Crippen LogP contribution is 2.49. The van der Waals surface area contributed by atoms with Gasteiger partial charge < -0.3 is 14.5 Å². The molecule has 0 spiro atoms. The van der Waals surface area contributed by atoms with Gasteiger partial charge in [-0.3, -0.25) is 0 Å². The highest BCUT2D eigenvalue weighted by atomic mass is 15.0. The molecule has 3 heteroatoms. The Bertz CT molecular complexity index is 2970. The fourth-order valence-corrected chi connectivity index (χ4v) is 10.6. The number of para-hydroxylation sites is 2. The number of rotatable bonds is 8. The number of hydrogen-bond acceptors (Lipinski definition) is 1. The fourth-order valence-electron chi connectivity index (χ4n) is 10.6. The average Bonchev–Trinajstić information content (AvgIpc) is 3.95. The molecule has 1 N–H and O–H groups in total. The van der Waals surface area contributed by atoms with E-state index in [4.69, 9.17) is 0 Å². The highest BCUT2D eigenvalue weighted by Gasteiger charge is 2.32. The Morgan fingerprint density at radius 1 is 0.678 bits per heavy atom. The van der Waals surface area contributed by atoms with Gasteiger partial charge in [-0.05, 0) is 138 Å². The monoisotopic (exact) mass is 767 g/mol. The minimum Gasteiger partial charge on any atom is -0.358 e. The summed E-state index contributed by atoms with van der Waals surface area (Å²) in [4.78, 5) is 0. The first kappa shape index (κ1) is 36.1. The zero-order valence-electron chi connectivity index (χ0n) is 34.8. The standard InChI is InChI=1S/C56H53N3/c1-5-35(3)37-13-11-15-43(29-37)58-53-19-9-7-17-45(53)49-33-41(23-27-55(49)58)39-21-25-51-47(31-39)48-32-40(22-26-52(48)57-51)42-24-28-56-50(34-42)46-18-8-10-20-54(46)59(56)44-16-12-14-38(30-44)36(4)6-2/h7-29,31,34-36,38,41,48,57H,5-6,30,32-33H2,1-4H3. The number of anilines is 1. The van der Waals surface area contributed by atoms with E-state index in [1.165, 1.54) is 101 Å². The predicted octanol–water partition coefficient (Wildman–Crippen LogP) is 14.9. The summed E-state index contributed by atoms with van der Waals surface area (Å²) in [7, 11) is 0. The van der Waals surface area contributed by atoms with Crippen molar-refractivity contribution in [3.05, 3.63) is 185 Å². The molecule has 11 rings (SSSR count). The zero-order chi connectivity index (χ0) is 39.8. The summed E-state index contributed by atoms with van der Waals surface area (Å²) >= 11 is 0. The smallest absolute Gasteiger partial charge is 0.0538 e. The number of benzene rings is 5. The molecule has 0 amide bonds. The molecule has 4 aliphatic rings. The Labute approximate surface area is 348 Å². The summed E-state index contributed by atoms with van der Waals surface area (Å²) in [5.41, 5.74) is 18.8. The molecule has 5 aromatic carbocycles. The van der Waals surface area contributed by atoms with Crippen LogP contribution in [0, 0.1) is 11.8 Å². The molecule has 0 saturated carbocycles. The normalized spacial score (nSPS) is 20.5. The van der Waals surface area contributed by atoms with Gasteiger partial charge in [0.25, 0.3) is 0 Å². The first-order valence-electron chi connectivity index (χ1n) is 22.1. The molecular formula is C56H53N3. The van der Waals surface area contributed by atoms with Gasteiger partial charge in [-0.1, -0.05) is 125 Å². The summed E-state index contributed by atoms with van der Waals surface area (Å²) < 4.78 is 5.02. The topological polar surface area (TPSA) is 21.9 Å². The van der Waals surface area contributed by atoms with Crippen molar-refractivity contribution in [3.63, 3.8) is 0 Å². The Morgan fingerprint density at radius 2 is 1.49 bits per heavy atom. The van der Waals surface area contributed by atoms with Crippen LogP contribution in [-0.2, 0) is 6.42 Å². The third-order valence-corrected chi connectivity index (χ3v) is 14.5. The minimum atomic E-state index is 0.320. The molecule has 3 nitrogen and oxygen atoms in total. The summed E-state index contributed by atoms with van der Waals surface area (Å²) in [5.74, 6) is 2.42. The van der Waals surface area contributed by atoms with Gasteiger partial charge in [0.15, 0.2) is 0 Å². The Hall–Kier alpha value is -6.06. The van der Waals surface area contributed by atoms with Crippen molar-refractivity contribution in [2.24, 2.45) is 11.8 Å². The third-order valence-electron chi connectivity index (χ3n) is 14.5. The van der Waals surface area contributed by atoms with Crippen molar-refractivity contribution in [1.82, 2.24) is 9.13 Å². The Morgan fingerprint density at radius 3 is 2.34 bits per heavy atom. The molecule has 0 saturated heterocycles. The van der Waals surface area contributed by atoms with Gasteiger partial charge in [-0.15, -0.1) is 0 Å². The summed E-state index contributed by atoms with van der Waals surface area (Å²) in [6.07, 6.45) is 22.0. The van der Waals surface area contributed by atoms with Gasteiger partial charge in [-0.2, -0.15) is 0 Å². The van der Waals surface area contributed by atoms with Crippen molar-refractivity contribution in [2.75, 3.05) is 5.32 Å². The van der Waals surface area contributed by atoms with Crippen molar-refractivity contribution >= 4 is 55.7 Å². The predicted molar refractivity (Wildman–Crippen MR) is 251 cm³/mol. The number of nitrogens with one attached hydrogen (secondary N) is 1.